The van der Waals surface area contributed by atoms with Gasteiger partial charge in [0.2, 0.25) is 5.95 Å². The maximum Gasteiger partial charge on any atom is 0.251 e. The Bertz CT molecular complexity index is 1070. The number of carbonyl (C=O) groups is 1. The third-order valence-corrected chi connectivity index (χ3v) is 6.19. The summed E-state index contributed by atoms with van der Waals surface area (Å²) in [6, 6.07) is 15.7. The van der Waals surface area contributed by atoms with Crippen molar-refractivity contribution < 1.29 is 4.79 Å². The van der Waals surface area contributed by atoms with Crippen molar-refractivity contribution in [2.24, 2.45) is 0 Å². The third kappa shape index (κ3) is 4.93. The van der Waals surface area contributed by atoms with Gasteiger partial charge >= 0.3 is 0 Å². The van der Waals surface area contributed by atoms with Crippen LogP contribution >= 0.6 is 0 Å². The minimum Gasteiger partial charge on any atom is -0.399 e. The second kappa shape index (κ2) is 9.85. The van der Waals surface area contributed by atoms with Crippen LogP contribution in [0.4, 0.5) is 17.5 Å². The quantitative estimate of drug-likeness (QED) is 0.484. The number of anilines is 3. The summed E-state index contributed by atoms with van der Waals surface area (Å²) in [5.74, 6) is 1.60. The molecule has 168 valence electrons. The van der Waals surface area contributed by atoms with Crippen molar-refractivity contribution in [3.8, 4) is 0 Å². The first-order valence-corrected chi connectivity index (χ1v) is 11.5. The highest BCUT2D eigenvalue weighted by molar-refractivity contribution is 5.95. The topological polar surface area (TPSA) is 96.2 Å². The van der Waals surface area contributed by atoms with Gasteiger partial charge in [-0.3, -0.25) is 4.79 Å². The summed E-state index contributed by atoms with van der Waals surface area (Å²) in [4.78, 5) is 24.4. The van der Waals surface area contributed by atoms with Crippen LogP contribution in [-0.2, 0) is 0 Å². The summed E-state index contributed by atoms with van der Waals surface area (Å²) in [5, 5.41) is 7.78. The molecule has 3 aromatic rings. The monoisotopic (exact) mass is 432 g/mol. The van der Waals surface area contributed by atoms with E-state index in [9.17, 15) is 4.79 Å². The fourth-order valence-electron chi connectivity index (χ4n) is 4.40. The van der Waals surface area contributed by atoms with Crippen molar-refractivity contribution in [1.29, 1.82) is 0 Å². The van der Waals surface area contributed by atoms with Gasteiger partial charge in [-0.15, -0.1) is 0 Å². The van der Waals surface area contributed by atoms with Crippen molar-refractivity contribution >= 4 is 34.3 Å². The highest BCUT2D eigenvalue weighted by Gasteiger charge is 2.24. The molecule has 0 aliphatic heterocycles. The molecule has 1 saturated carbocycles. The summed E-state index contributed by atoms with van der Waals surface area (Å²) >= 11 is 0. The number of fused-ring (bicyclic) bond motifs is 1. The highest BCUT2D eigenvalue weighted by Crippen LogP contribution is 2.27. The van der Waals surface area contributed by atoms with E-state index in [-0.39, 0.29) is 11.9 Å². The number of aromatic nitrogens is 2. The van der Waals surface area contributed by atoms with E-state index in [1.54, 1.807) is 24.3 Å². The van der Waals surface area contributed by atoms with Crippen molar-refractivity contribution in [2.75, 3.05) is 29.0 Å². The average Bonchev–Trinajstić information content (AvgIpc) is 2.81. The van der Waals surface area contributed by atoms with Crippen LogP contribution < -0.4 is 21.3 Å². The minimum absolute atomic E-state index is 0.0598. The number of para-hydroxylation sites is 1. The van der Waals surface area contributed by atoms with E-state index in [2.05, 4.69) is 35.4 Å². The van der Waals surface area contributed by atoms with E-state index < -0.39 is 0 Å². The van der Waals surface area contributed by atoms with E-state index in [1.165, 1.54) is 0 Å². The fourth-order valence-corrected chi connectivity index (χ4v) is 4.40. The van der Waals surface area contributed by atoms with Gasteiger partial charge < -0.3 is 21.3 Å². The maximum absolute atomic E-state index is 12.5. The summed E-state index contributed by atoms with van der Waals surface area (Å²) in [6.45, 7) is 6.09. The fraction of sp³-hybridized carbons (Fsp3) is 0.400. The van der Waals surface area contributed by atoms with E-state index in [4.69, 9.17) is 15.7 Å². The lowest BCUT2D eigenvalue weighted by Gasteiger charge is -2.30. The molecule has 0 spiro atoms. The van der Waals surface area contributed by atoms with E-state index in [0.717, 1.165) is 55.5 Å². The number of hydrogen-bond acceptors (Lipinski definition) is 6. The molecule has 0 unspecified atom stereocenters. The number of rotatable bonds is 7. The van der Waals surface area contributed by atoms with E-state index >= 15 is 0 Å². The normalized spacial score (nSPS) is 18.3. The van der Waals surface area contributed by atoms with Gasteiger partial charge in [-0.1, -0.05) is 18.2 Å². The standard InChI is InChI=1S/C25H32N6O/c1-3-31(4-2)23-21-10-5-6-11-22(21)29-25(30-23)28-20-14-12-19(13-15-20)27-24(32)17-8-7-9-18(26)16-17/h5-11,16,19-20H,3-4,12-15,26H2,1-2H3,(H,27,32)(H,28,29,30). The Morgan fingerprint density at radius 1 is 1.00 bits per heavy atom. The third-order valence-electron chi connectivity index (χ3n) is 6.19. The second-order valence-corrected chi connectivity index (χ2v) is 8.35. The Morgan fingerprint density at radius 3 is 2.44 bits per heavy atom. The molecule has 0 saturated heterocycles. The molecule has 1 aliphatic rings. The Balaban J connectivity index is 1.40. The van der Waals surface area contributed by atoms with Gasteiger partial charge in [0.05, 0.1) is 5.52 Å². The molecule has 0 radical (unpaired) electrons. The SMILES string of the molecule is CCN(CC)c1nc(NC2CCC(NC(=O)c3cccc(N)c3)CC2)nc2ccccc12. The van der Waals surface area contributed by atoms with Crippen LogP contribution in [0.3, 0.4) is 0 Å². The van der Waals surface area contributed by atoms with E-state index in [1.807, 2.05) is 18.2 Å². The Hall–Kier alpha value is -3.35. The van der Waals surface area contributed by atoms with Crippen LogP contribution in [0.25, 0.3) is 10.9 Å². The number of nitrogens with one attached hydrogen (secondary N) is 2. The Labute approximate surface area is 189 Å². The van der Waals surface area contributed by atoms with Gasteiger partial charge in [-0.2, -0.15) is 4.98 Å². The zero-order valence-electron chi connectivity index (χ0n) is 18.8. The van der Waals surface area contributed by atoms with Crippen molar-refractivity contribution in [2.45, 2.75) is 51.6 Å². The minimum atomic E-state index is -0.0598. The van der Waals surface area contributed by atoms with Gasteiger partial charge in [0.15, 0.2) is 0 Å². The average molecular weight is 433 g/mol. The molecule has 0 bridgehead atoms. The van der Waals surface area contributed by atoms with Gasteiger partial charge in [-0.05, 0) is 69.9 Å². The predicted molar refractivity (Wildman–Crippen MR) is 131 cm³/mol. The lowest BCUT2D eigenvalue weighted by atomic mass is 9.91. The molecule has 2 aromatic carbocycles. The van der Waals surface area contributed by atoms with Crippen molar-refractivity contribution in [1.82, 2.24) is 15.3 Å². The van der Waals surface area contributed by atoms with Crippen LogP contribution in [0.2, 0.25) is 0 Å². The zero-order chi connectivity index (χ0) is 22.5. The van der Waals surface area contributed by atoms with Crippen LogP contribution in [0, 0.1) is 0 Å². The molecule has 1 amide bonds. The Kier molecular flexibility index (Phi) is 6.73. The van der Waals surface area contributed by atoms with Gasteiger partial charge in [0, 0.05) is 41.8 Å². The zero-order valence-corrected chi connectivity index (χ0v) is 18.8. The number of nitrogens with zero attached hydrogens (tertiary/aromatic N) is 3. The summed E-state index contributed by atoms with van der Waals surface area (Å²) in [6.07, 6.45) is 3.75. The number of hydrogen-bond donors (Lipinski definition) is 3. The lowest BCUT2D eigenvalue weighted by molar-refractivity contribution is 0.0926. The smallest absolute Gasteiger partial charge is 0.251 e. The van der Waals surface area contributed by atoms with Gasteiger partial charge in [0.25, 0.3) is 5.91 Å². The molecule has 1 aliphatic carbocycles. The number of carbonyl (C=O) groups excluding carboxylic acids is 1. The largest absolute Gasteiger partial charge is 0.399 e. The van der Waals surface area contributed by atoms with E-state index in [0.29, 0.717) is 23.2 Å². The van der Waals surface area contributed by atoms with Crippen molar-refractivity contribution in [3.63, 3.8) is 0 Å². The molecule has 1 aromatic heterocycles. The lowest BCUT2D eigenvalue weighted by Crippen LogP contribution is -2.40. The predicted octanol–water partition coefficient (Wildman–Crippen LogP) is 4.21. The van der Waals surface area contributed by atoms with Gasteiger partial charge in [0.1, 0.15) is 5.82 Å². The summed E-state index contributed by atoms with van der Waals surface area (Å²) in [7, 11) is 0. The number of nitrogen functional groups attached to an aromatic ring is 1. The molecule has 7 heteroatoms. The first-order valence-electron chi connectivity index (χ1n) is 11.5. The summed E-state index contributed by atoms with van der Waals surface area (Å²) < 4.78 is 0. The molecular weight excluding hydrogens is 400 g/mol. The van der Waals surface area contributed by atoms with Crippen molar-refractivity contribution in [3.05, 3.63) is 54.1 Å². The molecule has 1 fully saturated rings. The highest BCUT2D eigenvalue weighted by atomic mass is 16.1. The molecule has 0 atom stereocenters. The molecule has 32 heavy (non-hydrogen) atoms. The van der Waals surface area contributed by atoms with Crippen LogP contribution in [0.15, 0.2) is 48.5 Å². The first-order chi connectivity index (χ1) is 15.6. The second-order valence-electron chi connectivity index (χ2n) is 8.35. The molecular formula is C25H32N6O. The van der Waals surface area contributed by atoms with Crippen LogP contribution in [0.1, 0.15) is 49.9 Å². The summed E-state index contributed by atoms with van der Waals surface area (Å²) in [5.41, 5.74) is 7.97. The van der Waals surface area contributed by atoms with Crippen LogP contribution in [-0.4, -0.2) is 41.0 Å². The Morgan fingerprint density at radius 2 is 1.72 bits per heavy atom. The first kappa shape index (κ1) is 21.9. The molecule has 1 heterocycles. The molecule has 4 rings (SSSR count). The number of benzene rings is 2. The number of amides is 1. The number of nitrogens with two attached hydrogens (primary N) is 1. The molecule has 7 nitrogen and oxygen atoms in total. The van der Waals surface area contributed by atoms with Crippen LogP contribution in [0.5, 0.6) is 0 Å². The molecule has 4 N–H and O–H groups in total. The maximum atomic E-state index is 12.5. The van der Waals surface area contributed by atoms with Gasteiger partial charge in [-0.25, -0.2) is 4.98 Å².